The molecule has 0 unspecified atom stereocenters. The van der Waals surface area contributed by atoms with Crippen LogP contribution >= 0.6 is 0 Å². The topological polar surface area (TPSA) is 43.8 Å². The molecule has 0 spiro atoms. The van der Waals surface area contributed by atoms with Crippen LogP contribution in [0.4, 0.5) is 0 Å². The molecule has 3 rings (SSSR count). The van der Waals surface area contributed by atoms with Crippen molar-refractivity contribution >= 4 is 5.97 Å². The third kappa shape index (κ3) is 2.77. The molecule has 0 radical (unpaired) electrons. The second-order valence-electron chi connectivity index (χ2n) is 7.05. The highest BCUT2D eigenvalue weighted by atomic mass is 16.4. The van der Waals surface area contributed by atoms with Crippen molar-refractivity contribution in [3.05, 3.63) is 35.4 Å². The number of carboxylic acid groups (broad SMARTS) is 1. The summed E-state index contributed by atoms with van der Waals surface area (Å²) in [6.07, 6.45) is 2.74. The van der Waals surface area contributed by atoms with Gasteiger partial charge in [0.15, 0.2) is 0 Å². The van der Waals surface area contributed by atoms with E-state index < -0.39 is 11.4 Å². The highest BCUT2D eigenvalue weighted by molar-refractivity contribution is 5.76. The molecule has 2 saturated heterocycles. The van der Waals surface area contributed by atoms with Gasteiger partial charge in [-0.2, -0.15) is 0 Å². The van der Waals surface area contributed by atoms with Crippen LogP contribution in [0, 0.1) is 12.3 Å². The minimum absolute atomic E-state index is 0.188. The molecule has 1 aromatic carbocycles. The van der Waals surface area contributed by atoms with Gasteiger partial charge >= 0.3 is 5.97 Å². The Morgan fingerprint density at radius 3 is 2.73 bits per heavy atom. The Balaban J connectivity index is 1.76. The first-order chi connectivity index (χ1) is 10.5. The van der Waals surface area contributed by atoms with Crippen molar-refractivity contribution in [3.63, 3.8) is 0 Å². The van der Waals surface area contributed by atoms with Gasteiger partial charge in [0.1, 0.15) is 0 Å². The Morgan fingerprint density at radius 2 is 2.05 bits per heavy atom. The first-order valence-electron chi connectivity index (χ1n) is 8.23. The summed E-state index contributed by atoms with van der Waals surface area (Å²) in [4.78, 5) is 16.6. The summed E-state index contributed by atoms with van der Waals surface area (Å²) in [6, 6.07) is 8.75. The van der Waals surface area contributed by atoms with E-state index in [0.29, 0.717) is 6.54 Å². The Morgan fingerprint density at radius 1 is 1.32 bits per heavy atom. The lowest BCUT2D eigenvalue weighted by molar-refractivity contribution is -0.163. The summed E-state index contributed by atoms with van der Waals surface area (Å²) in [5, 5.41) is 9.91. The zero-order chi connectivity index (χ0) is 15.7. The predicted octanol–water partition coefficient (Wildman–Crippen LogP) is 2.37. The number of nitrogens with zero attached hydrogens (tertiary/aromatic N) is 2. The zero-order valence-corrected chi connectivity index (χ0v) is 13.6. The second-order valence-corrected chi connectivity index (χ2v) is 7.05. The van der Waals surface area contributed by atoms with Crippen molar-refractivity contribution < 1.29 is 9.90 Å². The van der Waals surface area contributed by atoms with E-state index in [1.807, 2.05) is 0 Å². The van der Waals surface area contributed by atoms with Gasteiger partial charge in [0, 0.05) is 25.7 Å². The Labute approximate surface area is 132 Å². The van der Waals surface area contributed by atoms with E-state index in [-0.39, 0.29) is 6.04 Å². The molecule has 0 saturated carbocycles. The van der Waals surface area contributed by atoms with Crippen molar-refractivity contribution in [2.75, 3.05) is 26.7 Å². The number of hydrogen-bond acceptors (Lipinski definition) is 3. The third-order valence-electron chi connectivity index (χ3n) is 5.48. The molecule has 120 valence electrons. The molecule has 0 aliphatic carbocycles. The quantitative estimate of drug-likeness (QED) is 0.931. The van der Waals surface area contributed by atoms with Crippen LogP contribution in [0.2, 0.25) is 0 Å². The fraction of sp³-hybridized carbons (Fsp3) is 0.611. The number of rotatable bonds is 3. The normalized spacial score (nSPS) is 30.0. The predicted molar refractivity (Wildman–Crippen MR) is 86.8 cm³/mol. The maximum atomic E-state index is 12.0. The average Bonchev–Trinajstić information content (AvgIpc) is 2.49. The highest BCUT2D eigenvalue weighted by Gasteiger charge is 2.52. The molecule has 4 heteroatoms. The van der Waals surface area contributed by atoms with E-state index in [0.717, 1.165) is 38.9 Å². The number of carboxylic acids is 1. The van der Waals surface area contributed by atoms with Crippen LogP contribution in [0.5, 0.6) is 0 Å². The molecule has 0 bridgehead atoms. The highest BCUT2D eigenvalue weighted by Crippen LogP contribution is 2.41. The molecular formula is C18H26N2O2. The molecule has 2 aliphatic heterocycles. The van der Waals surface area contributed by atoms with E-state index in [4.69, 9.17) is 0 Å². The molecule has 4 nitrogen and oxygen atoms in total. The number of piperidine rings is 2. The van der Waals surface area contributed by atoms with Crippen LogP contribution in [0.3, 0.4) is 0 Å². The monoisotopic (exact) mass is 302 g/mol. The first-order valence-corrected chi connectivity index (χ1v) is 8.23. The zero-order valence-electron chi connectivity index (χ0n) is 13.6. The SMILES string of the molecule is Cc1ccc(CN2CC[C@H]3N(C)CCC[C@]3(C(=O)O)C2)cc1. The molecule has 2 heterocycles. The number of aryl methyl sites for hydroxylation is 1. The van der Waals surface area contributed by atoms with Gasteiger partial charge in [-0.25, -0.2) is 0 Å². The third-order valence-corrected chi connectivity index (χ3v) is 5.48. The molecule has 1 N–H and O–H groups in total. The standard InChI is InChI=1S/C18H26N2O2/c1-14-4-6-15(7-5-14)12-20-11-8-16-18(13-20,17(21)22)9-3-10-19(16)2/h4-7,16H,3,8-13H2,1-2H3,(H,21,22)/t16-,18+/m1/s1. The first kappa shape index (κ1) is 15.5. The minimum atomic E-state index is -0.613. The van der Waals surface area contributed by atoms with Gasteiger partial charge in [-0.15, -0.1) is 0 Å². The van der Waals surface area contributed by atoms with Gasteiger partial charge in [0.2, 0.25) is 0 Å². The van der Waals surface area contributed by atoms with E-state index >= 15 is 0 Å². The largest absolute Gasteiger partial charge is 0.481 e. The fourth-order valence-corrected chi connectivity index (χ4v) is 4.26. The number of aliphatic carboxylic acids is 1. The van der Waals surface area contributed by atoms with Gasteiger partial charge in [-0.05, 0) is 45.3 Å². The van der Waals surface area contributed by atoms with Crippen molar-refractivity contribution in [1.29, 1.82) is 0 Å². The van der Waals surface area contributed by atoms with E-state index in [2.05, 4.69) is 48.0 Å². The molecule has 2 aliphatic rings. The smallest absolute Gasteiger partial charge is 0.312 e. The number of fused-ring (bicyclic) bond motifs is 1. The molecule has 2 fully saturated rings. The number of hydrogen-bond donors (Lipinski definition) is 1. The van der Waals surface area contributed by atoms with Crippen LogP contribution in [0.1, 0.15) is 30.4 Å². The summed E-state index contributed by atoms with van der Waals surface area (Å²) >= 11 is 0. The van der Waals surface area contributed by atoms with Crippen LogP contribution in [-0.2, 0) is 11.3 Å². The number of benzene rings is 1. The Kier molecular flexibility index (Phi) is 4.24. The molecule has 22 heavy (non-hydrogen) atoms. The van der Waals surface area contributed by atoms with Crippen molar-refractivity contribution in [1.82, 2.24) is 9.80 Å². The maximum Gasteiger partial charge on any atom is 0.312 e. The Bertz CT molecular complexity index is 543. The summed E-state index contributed by atoms with van der Waals surface area (Å²) in [5.41, 5.74) is 1.95. The van der Waals surface area contributed by atoms with Crippen LogP contribution in [0.25, 0.3) is 0 Å². The van der Waals surface area contributed by atoms with Crippen molar-refractivity contribution in [2.45, 2.75) is 38.8 Å². The number of likely N-dealkylation sites (tertiary alicyclic amines) is 2. The lowest BCUT2D eigenvalue weighted by Crippen LogP contribution is -2.63. The van der Waals surface area contributed by atoms with Gasteiger partial charge in [-0.3, -0.25) is 9.69 Å². The molecule has 2 atom stereocenters. The van der Waals surface area contributed by atoms with Gasteiger partial charge < -0.3 is 10.0 Å². The van der Waals surface area contributed by atoms with Gasteiger partial charge in [0.05, 0.1) is 5.41 Å². The van der Waals surface area contributed by atoms with Crippen LogP contribution in [0.15, 0.2) is 24.3 Å². The summed E-state index contributed by atoms with van der Waals surface area (Å²) in [5.74, 6) is -0.613. The van der Waals surface area contributed by atoms with E-state index in [1.165, 1.54) is 11.1 Å². The fourth-order valence-electron chi connectivity index (χ4n) is 4.26. The summed E-state index contributed by atoms with van der Waals surface area (Å²) in [6.45, 7) is 5.62. The molecular weight excluding hydrogens is 276 g/mol. The molecule has 0 amide bonds. The Hall–Kier alpha value is -1.39. The van der Waals surface area contributed by atoms with Gasteiger partial charge in [0.25, 0.3) is 0 Å². The lowest BCUT2D eigenvalue weighted by Gasteiger charge is -2.52. The maximum absolute atomic E-state index is 12.0. The minimum Gasteiger partial charge on any atom is -0.481 e. The lowest BCUT2D eigenvalue weighted by atomic mass is 9.69. The second kappa shape index (κ2) is 6.01. The molecule has 1 aromatic rings. The average molecular weight is 302 g/mol. The van der Waals surface area contributed by atoms with E-state index in [1.54, 1.807) is 0 Å². The number of carbonyl (C=O) groups is 1. The van der Waals surface area contributed by atoms with Crippen LogP contribution in [-0.4, -0.2) is 53.6 Å². The summed E-state index contributed by atoms with van der Waals surface area (Å²) < 4.78 is 0. The van der Waals surface area contributed by atoms with Crippen LogP contribution < -0.4 is 0 Å². The van der Waals surface area contributed by atoms with Crippen molar-refractivity contribution in [2.24, 2.45) is 5.41 Å². The molecule has 0 aromatic heterocycles. The van der Waals surface area contributed by atoms with Crippen molar-refractivity contribution in [3.8, 4) is 0 Å². The summed E-state index contributed by atoms with van der Waals surface area (Å²) in [7, 11) is 2.08. The van der Waals surface area contributed by atoms with E-state index in [9.17, 15) is 9.90 Å². The van der Waals surface area contributed by atoms with Gasteiger partial charge in [-0.1, -0.05) is 29.8 Å².